The summed E-state index contributed by atoms with van der Waals surface area (Å²) in [5, 5.41) is 0. The Morgan fingerprint density at radius 2 is 1.59 bits per heavy atom. The molecule has 2 saturated heterocycles. The molecule has 0 spiro atoms. The number of amides is 4. The Morgan fingerprint density at radius 1 is 0.931 bits per heavy atom. The van der Waals surface area contributed by atoms with Crippen LogP contribution in [0.3, 0.4) is 0 Å². The number of morpholine rings is 1. The number of methoxy groups -OCH3 is 1. The van der Waals surface area contributed by atoms with Crippen molar-refractivity contribution in [3.63, 3.8) is 0 Å². The average molecular weight is 833 g/mol. The molecule has 4 amide bonds. The number of hydrogen-bond acceptors (Lipinski definition) is 9. The lowest BCUT2D eigenvalue weighted by molar-refractivity contribution is -0.150. The SMILES string of the molecule is CCCCS(=O)(=O)NC(=O)[C@@H](CC(=O)[C@H](C)[C@@H](C)[C@@H]1CCCN1C(=O)C[C@@H](OC)[C@H]([C@@H](C)CC)N(C)C(=O)[C@@H](CC(=O)N1CCOCC1)C(C)C)Cc1ccccc1. The van der Waals surface area contributed by atoms with Crippen molar-refractivity contribution in [2.45, 2.75) is 124 Å². The Bertz CT molecular complexity index is 1600. The van der Waals surface area contributed by atoms with Gasteiger partial charge in [0.1, 0.15) is 5.78 Å². The number of ketones is 1. The molecule has 0 aromatic heterocycles. The number of likely N-dealkylation sites (tertiary alicyclic amines) is 1. The highest BCUT2D eigenvalue weighted by Gasteiger charge is 2.42. The summed E-state index contributed by atoms with van der Waals surface area (Å²) in [6, 6.07) is 8.60. The highest BCUT2D eigenvalue weighted by atomic mass is 32.2. The molecule has 0 bridgehead atoms. The average Bonchev–Trinajstić information content (AvgIpc) is 3.71. The molecule has 1 aromatic rings. The van der Waals surface area contributed by atoms with Gasteiger partial charge in [0.15, 0.2) is 0 Å². The second-order valence-electron chi connectivity index (χ2n) is 17.0. The van der Waals surface area contributed by atoms with E-state index in [4.69, 9.17) is 9.47 Å². The van der Waals surface area contributed by atoms with E-state index in [0.717, 1.165) is 18.4 Å². The molecule has 2 heterocycles. The van der Waals surface area contributed by atoms with Gasteiger partial charge in [-0.05, 0) is 49.0 Å². The number of sulfonamides is 1. The Hall–Kier alpha value is -3.36. The predicted molar refractivity (Wildman–Crippen MR) is 225 cm³/mol. The number of nitrogens with zero attached hydrogens (tertiary/aromatic N) is 3. The summed E-state index contributed by atoms with van der Waals surface area (Å²) in [5.41, 5.74) is 0.826. The molecule has 14 heteroatoms. The third-order valence-corrected chi connectivity index (χ3v) is 14.0. The second-order valence-corrected chi connectivity index (χ2v) is 18.8. The number of benzene rings is 1. The molecular formula is C44H72N4O9S. The number of carbonyl (C=O) groups is 5. The minimum Gasteiger partial charge on any atom is -0.379 e. The number of ether oxygens (including phenoxy) is 2. The first-order valence-electron chi connectivity index (χ1n) is 21.5. The summed E-state index contributed by atoms with van der Waals surface area (Å²) >= 11 is 0. The van der Waals surface area contributed by atoms with E-state index < -0.39 is 45.8 Å². The Labute approximate surface area is 348 Å². The monoisotopic (exact) mass is 833 g/mol. The van der Waals surface area contributed by atoms with Crippen LogP contribution in [0.4, 0.5) is 0 Å². The molecule has 3 rings (SSSR count). The molecular weight excluding hydrogens is 761 g/mol. The Balaban J connectivity index is 1.75. The van der Waals surface area contributed by atoms with Crippen molar-refractivity contribution in [1.82, 2.24) is 19.4 Å². The van der Waals surface area contributed by atoms with Gasteiger partial charge >= 0.3 is 0 Å². The van der Waals surface area contributed by atoms with Crippen LogP contribution in [0.5, 0.6) is 0 Å². The quantitative estimate of drug-likeness (QED) is 0.158. The lowest BCUT2D eigenvalue weighted by atomic mass is 9.81. The zero-order valence-electron chi connectivity index (χ0n) is 36.6. The second kappa shape index (κ2) is 23.4. The van der Waals surface area contributed by atoms with Gasteiger partial charge in [-0.3, -0.25) is 28.7 Å². The molecule has 1 N–H and O–H groups in total. The molecule has 13 nitrogen and oxygen atoms in total. The van der Waals surface area contributed by atoms with E-state index in [1.165, 1.54) is 0 Å². The zero-order valence-corrected chi connectivity index (χ0v) is 37.4. The van der Waals surface area contributed by atoms with Crippen molar-refractivity contribution in [3.8, 4) is 0 Å². The van der Waals surface area contributed by atoms with Crippen LogP contribution in [0.1, 0.15) is 105 Å². The zero-order chi connectivity index (χ0) is 43.2. The maximum atomic E-state index is 14.3. The number of nitrogens with one attached hydrogen (secondary N) is 1. The number of unbranched alkanes of at least 4 members (excludes halogenated alkanes) is 1. The molecule has 0 saturated carbocycles. The van der Waals surface area contributed by atoms with E-state index in [2.05, 4.69) is 4.72 Å². The fraction of sp³-hybridized carbons (Fsp3) is 0.750. The third kappa shape index (κ3) is 13.9. The lowest BCUT2D eigenvalue weighted by Crippen LogP contribution is -2.53. The van der Waals surface area contributed by atoms with Gasteiger partial charge in [-0.1, -0.05) is 91.6 Å². The van der Waals surface area contributed by atoms with E-state index in [1.54, 1.807) is 24.0 Å². The molecule has 328 valence electrons. The topological polar surface area (TPSA) is 160 Å². The van der Waals surface area contributed by atoms with Crippen molar-refractivity contribution >= 4 is 39.4 Å². The molecule has 1 aromatic carbocycles. The fourth-order valence-electron chi connectivity index (χ4n) is 8.50. The number of Topliss-reactive ketones (excluding diaryl/α,β-unsaturated/α-hetero) is 1. The first-order chi connectivity index (χ1) is 27.5. The first-order valence-corrected chi connectivity index (χ1v) is 23.2. The van der Waals surface area contributed by atoms with Crippen LogP contribution in [0.25, 0.3) is 0 Å². The van der Waals surface area contributed by atoms with Gasteiger partial charge in [0.05, 0.1) is 37.5 Å². The predicted octanol–water partition coefficient (Wildman–Crippen LogP) is 5.11. The van der Waals surface area contributed by atoms with Crippen LogP contribution in [-0.2, 0) is 49.9 Å². The molecule has 8 atom stereocenters. The van der Waals surface area contributed by atoms with Crippen LogP contribution in [0.2, 0.25) is 0 Å². The van der Waals surface area contributed by atoms with Crippen molar-refractivity contribution < 1.29 is 41.9 Å². The first kappa shape index (κ1) is 49.0. The summed E-state index contributed by atoms with van der Waals surface area (Å²) in [5.74, 6) is -3.58. The summed E-state index contributed by atoms with van der Waals surface area (Å²) in [6.07, 6.45) is 2.93. The van der Waals surface area contributed by atoms with Crippen molar-refractivity contribution in [2.24, 2.45) is 35.5 Å². The van der Waals surface area contributed by atoms with Gasteiger partial charge in [-0.15, -0.1) is 0 Å². The smallest absolute Gasteiger partial charge is 0.237 e. The molecule has 0 aliphatic carbocycles. The van der Waals surface area contributed by atoms with Gasteiger partial charge in [-0.25, -0.2) is 8.42 Å². The van der Waals surface area contributed by atoms with Crippen molar-refractivity contribution in [1.29, 1.82) is 0 Å². The normalized spacial score (nSPS) is 19.8. The molecule has 2 aliphatic heterocycles. The van der Waals surface area contributed by atoms with Gasteiger partial charge in [0.25, 0.3) is 0 Å². The number of hydrogen-bond donors (Lipinski definition) is 1. The van der Waals surface area contributed by atoms with Crippen LogP contribution < -0.4 is 4.72 Å². The third-order valence-electron chi connectivity index (χ3n) is 12.7. The van der Waals surface area contributed by atoms with Crippen LogP contribution in [-0.4, -0.2) is 123 Å². The van der Waals surface area contributed by atoms with E-state index in [0.29, 0.717) is 52.1 Å². The van der Waals surface area contributed by atoms with Crippen LogP contribution in [0, 0.1) is 35.5 Å². The van der Waals surface area contributed by atoms with Gasteiger partial charge in [-0.2, -0.15) is 0 Å². The maximum Gasteiger partial charge on any atom is 0.237 e. The number of rotatable bonds is 23. The molecule has 2 fully saturated rings. The molecule has 0 radical (unpaired) electrons. The van der Waals surface area contributed by atoms with Gasteiger partial charge < -0.3 is 24.2 Å². The highest BCUT2D eigenvalue weighted by Crippen LogP contribution is 2.33. The summed E-state index contributed by atoms with van der Waals surface area (Å²) in [7, 11) is -0.523. The standard InChI is InChI=1S/C44H72N4O9S/c1-10-12-25-58(54,55)45-43(52)35(26-34-17-14-13-15-18-34)27-38(49)33(7)32(6)37-19-16-20-48(37)41(51)29-39(56-9)42(31(5)11-2)46(8)44(53)36(30(3)4)28-40(50)47-21-23-57-24-22-47/h13-15,17-18,30-33,35-37,39,42H,10-12,16,19-29H2,1-9H3,(H,45,52)/t31-,32+,33+,35+,36-,37-,39+,42-/m0/s1. The molecule has 58 heavy (non-hydrogen) atoms. The summed E-state index contributed by atoms with van der Waals surface area (Å²) in [6.45, 7) is 16.2. The maximum absolute atomic E-state index is 14.3. The lowest BCUT2D eigenvalue weighted by Gasteiger charge is -2.41. The van der Waals surface area contributed by atoms with E-state index >= 15 is 0 Å². The summed E-state index contributed by atoms with van der Waals surface area (Å²) in [4.78, 5) is 74.5. The van der Waals surface area contributed by atoms with E-state index in [-0.39, 0.29) is 78.7 Å². The Kier molecular flexibility index (Phi) is 19.8. The largest absolute Gasteiger partial charge is 0.379 e. The Morgan fingerprint density at radius 3 is 2.17 bits per heavy atom. The van der Waals surface area contributed by atoms with Crippen LogP contribution >= 0.6 is 0 Å². The number of likely N-dealkylation sites (N-methyl/N-ethyl adjacent to an activating group) is 1. The van der Waals surface area contributed by atoms with Gasteiger partial charge in [0.2, 0.25) is 33.7 Å². The number of carbonyl (C=O) groups excluding carboxylic acids is 5. The highest BCUT2D eigenvalue weighted by molar-refractivity contribution is 7.90. The van der Waals surface area contributed by atoms with Crippen molar-refractivity contribution in [3.05, 3.63) is 35.9 Å². The molecule has 0 unspecified atom stereocenters. The van der Waals surface area contributed by atoms with Crippen molar-refractivity contribution in [2.75, 3.05) is 52.8 Å². The summed E-state index contributed by atoms with van der Waals surface area (Å²) < 4.78 is 39.0. The fourth-order valence-corrected chi connectivity index (χ4v) is 9.74. The molecule has 2 aliphatic rings. The van der Waals surface area contributed by atoms with Crippen LogP contribution in [0.15, 0.2) is 30.3 Å². The van der Waals surface area contributed by atoms with E-state index in [1.807, 2.05) is 83.7 Å². The minimum atomic E-state index is -3.84. The van der Waals surface area contributed by atoms with E-state index in [9.17, 15) is 32.4 Å². The van der Waals surface area contributed by atoms with Gasteiger partial charge in [0, 0.05) is 70.4 Å². The minimum absolute atomic E-state index is 0.0111.